The lowest BCUT2D eigenvalue weighted by atomic mass is 9.86. The van der Waals surface area contributed by atoms with Crippen LogP contribution in [0.4, 0.5) is 5.69 Å². The summed E-state index contributed by atoms with van der Waals surface area (Å²) in [6, 6.07) is 12.1. The molecule has 1 aromatic heterocycles. The van der Waals surface area contributed by atoms with Gasteiger partial charge < -0.3 is 19.8 Å². The number of rotatable bonds is 9. The first-order valence-electron chi connectivity index (χ1n) is 10.3. The summed E-state index contributed by atoms with van der Waals surface area (Å²) in [6.07, 6.45) is 2.92. The molecule has 0 fully saturated rings. The lowest BCUT2D eigenvalue weighted by molar-refractivity contribution is -0.138. The van der Waals surface area contributed by atoms with Crippen LogP contribution >= 0.6 is 11.8 Å². The van der Waals surface area contributed by atoms with Gasteiger partial charge >= 0.3 is 5.97 Å². The minimum absolute atomic E-state index is 0.0103. The van der Waals surface area contributed by atoms with Crippen LogP contribution in [-0.2, 0) is 14.3 Å². The minimum atomic E-state index is -0.775. The van der Waals surface area contributed by atoms with Crippen molar-refractivity contribution in [3.05, 3.63) is 88.5 Å². The molecule has 9 heteroatoms. The fourth-order valence-corrected chi connectivity index (χ4v) is 4.26. The third kappa shape index (κ3) is 5.66. The van der Waals surface area contributed by atoms with Crippen LogP contribution in [0.2, 0.25) is 0 Å². The molecule has 1 aliphatic heterocycles. The third-order valence-electron chi connectivity index (χ3n) is 4.95. The molecule has 0 saturated heterocycles. The zero-order valence-electron chi connectivity index (χ0n) is 18.7. The van der Waals surface area contributed by atoms with Gasteiger partial charge in [-0.1, -0.05) is 24.4 Å². The molecule has 0 unspecified atom stereocenters. The number of benzene rings is 1. The number of amides is 1. The number of furan rings is 1. The molecule has 0 saturated carbocycles. The molecule has 3 rings (SSSR count). The van der Waals surface area contributed by atoms with E-state index >= 15 is 0 Å². The Morgan fingerprint density at radius 1 is 1.29 bits per heavy atom. The molecule has 1 aromatic carbocycles. The number of hydrogen-bond donors (Lipinski definition) is 2. The Kier molecular flexibility index (Phi) is 8.11. The fourth-order valence-electron chi connectivity index (χ4n) is 3.37. The van der Waals surface area contributed by atoms with Crippen LogP contribution in [0.25, 0.3) is 0 Å². The number of nitrogens with zero attached hydrogens (tertiary/aromatic N) is 1. The number of ketones is 1. The number of carbonyl (C=O) groups is 3. The van der Waals surface area contributed by atoms with E-state index in [4.69, 9.17) is 9.15 Å². The van der Waals surface area contributed by atoms with Crippen molar-refractivity contribution in [2.45, 2.75) is 19.8 Å². The molecule has 34 heavy (non-hydrogen) atoms. The Labute approximate surface area is 201 Å². The van der Waals surface area contributed by atoms with Crippen molar-refractivity contribution >= 4 is 35.1 Å². The van der Waals surface area contributed by atoms with Gasteiger partial charge in [-0.2, -0.15) is 5.26 Å². The van der Waals surface area contributed by atoms with Crippen molar-refractivity contribution in [1.82, 2.24) is 5.32 Å². The molecular weight excluding hydrogens is 454 g/mol. The zero-order chi connectivity index (χ0) is 24.7. The number of esters is 1. The Hall–Kier alpha value is -4.03. The standard InChI is InChI=1S/C25H23N3O5S/c1-4-11-33-25(31)22-15(2)27-24(19(13-26)23(22)20-6-5-12-32-20)34-14-21(30)28-18-9-7-17(8-10-18)16(3)29/h4-10,12,23,27H,1,11,14H2,2-3H3,(H,28,30)/t23-/m1/s1. The van der Waals surface area contributed by atoms with Gasteiger partial charge in [0.2, 0.25) is 5.91 Å². The molecule has 1 atom stereocenters. The average molecular weight is 478 g/mol. The van der Waals surface area contributed by atoms with Crippen molar-refractivity contribution in [3.63, 3.8) is 0 Å². The molecule has 174 valence electrons. The number of anilines is 1. The number of ether oxygens (including phenoxy) is 1. The first-order chi connectivity index (χ1) is 16.3. The van der Waals surface area contributed by atoms with Gasteiger partial charge in [-0.05, 0) is 50.2 Å². The highest BCUT2D eigenvalue weighted by molar-refractivity contribution is 8.03. The summed E-state index contributed by atoms with van der Waals surface area (Å²) in [6.45, 7) is 6.75. The monoisotopic (exact) mass is 477 g/mol. The Morgan fingerprint density at radius 2 is 2.03 bits per heavy atom. The lowest BCUT2D eigenvalue weighted by Gasteiger charge is -2.27. The molecule has 2 N–H and O–H groups in total. The van der Waals surface area contributed by atoms with Crippen LogP contribution in [0.1, 0.15) is 35.9 Å². The van der Waals surface area contributed by atoms with Gasteiger partial charge in [0.05, 0.1) is 40.2 Å². The summed E-state index contributed by atoms with van der Waals surface area (Å²) in [5.74, 6) is -1.29. The molecule has 2 aromatic rings. The third-order valence-corrected chi connectivity index (χ3v) is 5.97. The number of allylic oxidation sites excluding steroid dienone is 2. The van der Waals surface area contributed by atoms with Crippen molar-refractivity contribution in [2.75, 3.05) is 17.7 Å². The largest absolute Gasteiger partial charge is 0.468 e. The quantitative estimate of drug-likeness (QED) is 0.312. The van der Waals surface area contributed by atoms with E-state index in [0.29, 0.717) is 27.7 Å². The van der Waals surface area contributed by atoms with E-state index in [1.807, 2.05) is 0 Å². The molecule has 0 bridgehead atoms. The van der Waals surface area contributed by atoms with Crippen LogP contribution in [0.5, 0.6) is 0 Å². The normalized spacial score (nSPS) is 15.3. The van der Waals surface area contributed by atoms with E-state index in [1.165, 1.54) is 19.3 Å². The van der Waals surface area contributed by atoms with Gasteiger partial charge in [0.25, 0.3) is 0 Å². The maximum Gasteiger partial charge on any atom is 0.337 e. The van der Waals surface area contributed by atoms with Gasteiger partial charge in [-0.15, -0.1) is 0 Å². The second-order valence-electron chi connectivity index (χ2n) is 7.32. The van der Waals surface area contributed by atoms with Crippen molar-refractivity contribution in [2.24, 2.45) is 0 Å². The number of Topliss-reactive ketones (excluding diaryl/α,β-unsaturated/α-hetero) is 1. The fraction of sp³-hybridized carbons (Fsp3) is 0.200. The Morgan fingerprint density at radius 3 is 2.62 bits per heavy atom. The Bertz CT molecular complexity index is 1200. The van der Waals surface area contributed by atoms with Crippen molar-refractivity contribution in [1.29, 1.82) is 5.26 Å². The summed E-state index contributed by atoms with van der Waals surface area (Å²) in [4.78, 5) is 36.6. The van der Waals surface area contributed by atoms with E-state index in [9.17, 15) is 19.6 Å². The van der Waals surface area contributed by atoms with Crippen LogP contribution in [0, 0.1) is 11.3 Å². The minimum Gasteiger partial charge on any atom is -0.468 e. The highest BCUT2D eigenvalue weighted by atomic mass is 32.2. The van der Waals surface area contributed by atoms with Crippen LogP contribution < -0.4 is 10.6 Å². The summed E-state index contributed by atoms with van der Waals surface area (Å²) >= 11 is 1.14. The SMILES string of the molecule is C=CCOC(=O)C1=C(C)NC(SCC(=O)Nc2ccc(C(C)=O)cc2)=C(C#N)[C@@H]1c1ccco1. The summed E-state index contributed by atoms with van der Waals surface area (Å²) in [7, 11) is 0. The van der Waals surface area contributed by atoms with Crippen LogP contribution in [0.15, 0.2) is 81.6 Å². The molecule has 0 aliphatic carbocycles. The van der Waals surface area contributed by atoms with Gasteiger partial charge in [0, 0.05) is 16.9 Å². The highest BCUT2D eigenvalue weighted by Crippen LogP contribution is 2.41. The summed E-state index contributed by atoms with van der Waals surface area (Å²) < 4.78 is 10.8. The Balaban J connectivity index is 1.79. The number of nitriles is 1. The van der Waals surface area contributed by atoms with E-state index in [1.54, 1.807) is 43.3 Å². The van der Waals surface area contributed by atoms with Gasteiger partial charge in [0.1, 0.15) is 12.4 Å². The van der Waals surface area contributed by atoms with E-state index in [-0.39, 0.29) is 35.2 Å². The van der Waals surface area contributed by atoms with Gasteiger partial charge in [-0.3, -0.25) is 9.59 Å². The zero-order valence-corrected chi connectivity index (χ0v) is 19.5. The maximum absolute atomic E-state index is 12.7. The van der Waals surface area contributed by atoms with Gasteiger partial charge in [0.15, 0.2) is 5.78 Å². The second-order valence-corrected chi connectivity index (χ2v) is 8.31. The number of dihydropyridines is 1. The smallest absolute Gasteiger partial charge is 0.337 e. The second kappa shape index (κ2) is 11.2. The van der Waals surface area contributed by atoms with Gasteiger partial charge in [-0.25, -0.2) is 4.79 Å². The molecule has 8 nitrogen and oxygen atoms in total. The highest BCUT2D eigenvalue weighted by Gasteiger charge is 2.37. The first-order valence-corrected chi connectivity index (χ1v) is 11.3. The van der Waals surface area contributed by atoms with Crippen LogP contribution in [0.3, 0.4) is 0 Å². The van der Waals surface area contributed by atoms with E-state index in [0.717, 1.165) is 11.8 Å². The molecule has 0 spiro atoms. The number of thioether (sulfide) groups is 1. The molecule has 0 radical (unpaired) electrons. The average Bonchev–Trinajstić information content (AvgIpc) is 3.35. The molecular formula is C25H23N3O5S. The maximum atomic E-state index is 12.7. The van der Waals surface area contributed by atoms with E-state index < -0.39 is 11.9 Å². The molecule has 2 heterocycles. The predicted octanol–water partition coefficient (Wildman–Crippen LogP) is 4.28. The number of hydrogen-bond acceptors (Lipinski definition) is 8. The number of nitrogens with one attached hydrogen (secondary N) is 2. The lowest BCUT2D eigenvalue weighted by Crippen LogP contribution is -2.29. The van der Waals surface area contributed by atoms with Crippen molar-refractivity contribution < 1.29 is 23.5 Å². The molecule has 1 aliphatic rings. The summed E-state index contributed by atoms with van der Waals surface area (Å²) in [5.41, 5.74) is 2.11. The summed E-state index contributed by atoms with van der Waals surface area (Å²) in [5, 5.41) is 16.2. The molecule has 1 amide bonds. The predicted molar refractivity (Wildman–Crippen MR) is 129 cm³/mol. The van der Waals surface area contributed by atoms with Crippen molar-refractivity contribution in [3.8, 4) is 6.07 Å². The first kappa shape index (κ1) is 24.6. The van der Waals surface area contributed by atoms with Crippen LogP contribution in [-0.4, -0.2) is 30.0 Å². The number of carbonyl (C=O) groups excluding carboxylic acids is 3. The van der Waals surface area contributed by atoms with E-state index in [2.05, 4.69) is 23.3 Å². The topological polar surface area (TPSA) is 121 Å².